The second-order valence-corrected chi connectivity index (χ2v) is 3.71. The van der Waals surface area contributed by atoms with Gasteiger partial charge in [-0.1, -0.05) is 29.8 Å². The largest absolute Gasteiger partial charge is 0.384 e. The van der Waals surface area contributed by atoms with Crippen LogP contribution in [0.25, 0.3) is 0 Å². The molecule has 1 aromatic heterocycles. The standard InChI is InChI=1S/C12H11N3O2/c1-7-2-4-8(5-3-7)10(16)9-6-14-12(17)15-11(9)13/h2-6H,1H3,(H3,13,14,15,17). The number of nitrogens with one attached hydrogen (secondary N) is 1. The quantitative estimate of drug-likeness (QED) is 0.748. The number of rotatable bonds is 2. The van der Waals surface area contributed by atoms with Crippen LogP contribution in [0.4, 0.5) is 5.82 Å². The molecule has 0 unspecified atom stereocenters. The second-order valence-electron chi connectivity index (χ2n) is 3.71. The van der Waals surface area contributed by atoms with Crippen LogP contribution in [0, 0.1) is 6.92 Å². The molecule has 1 aromatic carbocycles. The summed E-state index contributed by atoms with van der Waals surface area (Å²) in [6.45, 7) is 1.93. The Labute approximate surface area is 97.3 Å². The van der Waals surface area contributed by atoms with Crippen LogP contribution < -0.4 is 11.4 Å². The number of aryl methyl sites for hydroxylation is 1. The van der Waals surface area contributed by atoms with Crippen LogP contribution in [-0.2, 0) is 0 Å². The molecule has 17 heavy (non-hydrogen) atoms. The van der Waals surface area contributed by atoms with Gasteiger partial charge in [-0.15, -0.1) is 0 Å². The van der Waals surface area contributed by atoms with Crippen LogP contribution in [-0.4, -0.2) is 15.8 Å². The lowest BCUT2D eigenvalue weighted by molar-refractivity contribution is 0.103. The number of aromatic amines is 1. The predicted molar refractivity (Wildman–Crippen MR) is 63.9 cm³/mol. The number of nitrogen functional groups attached to an aromatic ring is 1. The molecule has 2 aromatic rings. The normalized spacial score (nSPS) is 10.2. The maximum atomic E-state index is 12.0. The molecule has 0 aliphatic rings. The number of anilines is 1. The monoisotopic (exact) mass is 229 g/mol. The van der Waals surface area contributed by atoms with E-state index >= 15 is 0 Å². The summed E-state index contributed by atoms with van der Waals surface area (Å²) in [6, 6.07) is 7.09. The highest BCUT2D eigenvalue weighted by Crippen LogP contribution is 2.12. The van der Waals surface area contributed by atoms with E-state index in [0.29, 0.717) is 5.56 Å². The van der Waals surface area contributed by atoms with Crippen molar-refractivity contribution in [3.63, 3.8) is 0 Å². The number of H-pyrrole nitrogens is 1. The van der Waals surface area contributed by atoms with Crippen molar-refractivity contribution in [1.29, 1.82) is 0 Å². The minimum absolute atomic E-state index is 0.0376. The van der Waals surface area contributed by atoms with Crippen molar-refractivity contribution in [3.05, 3.63) is 57.6 Å². The number of carbonyl (C=O) groups is 1. The molecule has 0 aliphatic heterocycles. The maximum absolute atomic E-state index is 12.0. The first-order valence-corrected chi connectivity index (χ1v) is 5.04. The van der Waals surface area contributed by atoms with Gasteiger partial charge in [-0.05, 0) is 6.92 Å². The molecular weight excluding hydrogens is 218 g/mol. The number of benzene rings is 1. The molecule has 86 valence electrons. The van der Waals surface area contributed by atoms with E-state index in [4.69, 9.17) is 5.73 Å². The van der Waals surface area contributed by atoms with Crippen LogP contribution in [0.5, 0.6) is 0 Å². The Morgan fingerprint density at radius 3 is 2.53 bits per heavy atom. The molecule has 0 spiro atoms. The fourth-order valence-electron chi connectivity index (χ4n) is 1.45. The number of carbonyl (C=O) groups excluding carboxylic acids is 1. The Hall–Kier alpha value is -2.43. The second kappa shape index (κ2) is 4.21. The van der Waals surface area contributed by atoms with Gasteiger partial charge in [-0.3, -0.25) is 9.78 Å². The molecule has 0 aliphatic carbocycles. The zero-order valence-corrected chi connectivity index (χ0v) is 9.23. The van der Waals surface area contributed by atoms with Crippen molar-refractivity contribution in [3.8, 4) is 0 Å². The minimum atomic E-state index is -0.567. The number of hydrogen-bond acceptors (Lipinski definition) is 4. The van der Waals surface area contributed by atoms with Crippen LogP contribution in [0.1, 0.15) is 21.5 Å². The maximum Gasteiger partial charge on any atom is 0.346 e. The van der Waals surface area contributed by atoms with Crippen molar-refractivity contribution < 1.29 is 4.79 Å². The molecule has 0 saturated carbocycles. The average molecular weight is 229 g/mol. The number of nitrogens with two attached hydrogens (primary N) is 1. The van der Waals surface area contributed by atoms with Crippen molar-refractivity contribution in [2.75, 3.05) is 5.73 Å². The van der Waals surface area contributed by atoms with Crippen LogP contribution in [0.2, 0.25) is 0 Å². The smallest absolute Gasteiger partial charge is 0.346 e. The highest BCUT2D eigenvalue weighted by atomic mass is 16.1. The number of nitrogens with zero attached hydrogens (tertiary/aromatic N) is 1. The van der Waals surface area contributed by atoms with Crippen molar-refractivity contribution in [2.45, 2.75) is 6.92 Å². The molecule has 0 fully saturated rings. The van der Waals surface area contributed by atoms with Gasteiger partial charge in [-0.25, -0.2) is 9.78 Å². The van der Waals surface area contributed by atoms with E-state index in [0.717, 1.165) is 5.56 Å². The number of aromatic nitrogens is 2. The fraction of sp³-hybridized carbons (Fsp3) is 0.0833. The van der Waals surface area contributed by atoms with Gasteiger partial charge >= 0.3 is 5.69 Å². The average Bonchev–Trinajstić information content (AvgIpc) is 2.29. The third kappa shape index (κ3) is 2.23. The first kappa shape index (κ1) is 11.1. The molecule has 0 radical (unpaired) electrons. The summed E-state index contributed by atoms with van der Waals surface area (Å²) in [5.74, 6) is -0.221. The third-order valence-corrected chi connectivity index (χ3v) is 2.40. The van der Waals surface area contributed by atoms with Gasteiger partial charge in [0.2, 0.25) is 0 Å². The zero-order chi connectivity index (χ0) is 12.4. The Morgan fingerprint density at radius 2 is 1.94 bits per heavy atom. The lowest BCUT2D eigenvalue weighted by Gasteiger charge is -2.03. The SMILES string of the molecule is Cc1ccc(C(=O)c2cnc(=O)[nH]c2N)cc1. The van der Waals surface area contributed by atoms with Gasteiger partial charge in [0.05, 0.1) is 5.56 Å². The highest BCUT2D eigenvalue weighted by molar-refractivity contribution is 6.11. The van der Waals surface area contributed by atoms with E-state index in [9.17, 15) is 9.59 Å². The summed E-state index contributed by atoms with van der Waals surface area (Å²) in [5.41, 5.74) is 6.78. The fourth-order valence-corrected chi connectivity index (χ4v) is 1.45. The van der Waals surface area contributed by atoms with Gasteiger partial charge in [0, 0.05) is 11.8 Å². The summed E-state index contributed by atoms with van der Waals surface area (Å²) in [7, 11) is 0. The van der Waals surface area contributed by atoms with Crippen LogP contribution in [0.15, 0.2) is 35.3 Å². The van der Waals surface area contributed by atoms with E-state index in [1.54, 1.807) is 12.1 Å². The molecule has 5 heteroatoms. The Bertz CT molecular complexity index is 614. The molecule has 1 heterocycles. The first-order valence-electron chi connectivity index (χ1n) is 5.04. The first-order chi connectivity index (χ1) is 8.08. The molecule has 0 atom stereocenters. The van der Waals surface area contributed by atoms with Crippen LogP contribution >= 0.6 is 0 Å². The summed E-state index contributed by atoms with van der Waals surface area (Å²) < 4.78 is 0. The van der Waals surface area contributed by atoms with E-state index < -0.39 is 5.69 Å². The molecule has 0 saturated heterocycles. The van der Waals surface area contributed by atoms with Crippen LogP contribution in [0.3, 0.4) is 0 Å². The van der Waals surface area contributed by atoms with Gasteiger partial charge in [0.15, 0.2) is 5.78 Å². The Morgan fingerprint density at radius 1 is 1.29 bits per heavy atom. The summed E-state index contributed by atoms with van der Waals surface area (Å²) in [6.07, 6.45) is 1.19. The molecule has 0 bridgehead atoms. The summed E-state index contributed by atoms with van der Waals surface area (Å²) >= 11 is 0. The van der Waals surface area contributed by atoms with Gasteiger partial charge in [-0.2, -0.15) is 0 Å². The number of hydrogen-bond donors (Lipinski definition) is 2. The van der Waals surface area contributed by atoms with Crippen molar-refractivity contribution in [1.82, 2.24) is 9.97 Å². The Kier molecular flexibility index (Phi) is 2.74. The third-order valence-electron chi connectivity index (χ3n) is 2.40. The van der Waals surface area contributed by atoms with E-state index in [-0.39, 0.29) is 17.2 Å². The molecule has 0 amide bonds. The van der Waals surface area contributed by atoms with E-state index in [1.807, 2.05) is 19.1 Å². The zero-order valence-electron chi connectivity index (χ0n) is 9.23. The lowest BCUT2D eigenvalue weighted by Crippen LogP contribution is -2.17. The van der Waals surface area contributed by atoms with Gasteiger partial charge < -0.3 is 5.73 Å². The van der Waals surface area contributed by atoms with Gasteiger partial charge in [0.25, 0.3) is 0 Å². The van der Waals surface area contributed by atoms with E-state index in [1.165, 1.54) is 6.20 Å². The summed E-state index contributed by atoms with van der Waals surface area (Å²) in [4.78, 5) is 28.7. The number of ketones is 1. The lowest BCUT2D eigenvalue weighted by atomic mass is 10.0. The highest BCUT2D eigenvalue weighted by Gasteiger charge is 2.13. The van der Waals surface area contributed by atoms with E-state index in [2.05, 4.69) is 9.97 Å². The Balaban J connectivity index is 2.43. The molecule has 2 rings (SSSR count). The predicted octanol–water partition coefficient (Wildman–Crippen LogP) is 0.892. The topological polar surface area (TPSA) is 88.8 Å². The van der Waals surface area contributed by atoms with Crippen molar-refractivity contribution >= 4 is 11.6 Å². The molecule has 5 nitrogen and oxygen atoms in total. The summed E-state index contributed by atoms with van der Waals surface area (Å²) in [5, 5.41) is 0. The molecular formula is C12H11N3O2. The minimum Gasteiger partial charge on any atom is -0.384 e. The van der Waals surface area contributed by atoms with Crippen molar-refractivity contribution in [2.24, 2.45) is 0 Å². The molecule has 3 N–H and O–H groups in total. The van der Waals surface area contributed by atoms with Gasteiger partial charge in [0.1, 0.15) is 5.82 Å².